The summed E-state index contributed by atoms with van der Waals surface area (Å²) >= 11 is 1.52. The molecule has 1 aliphatic heterocycles. The van der Waals surface area contributed by atoms with E-state index in [9.17, 15) is 9.59 Å². The van der Waals surface area contributed by atoms with Crippen molar-refractivity contribution in [2.24, 2.45) is 0 Å². The van der Waals surface area contributed by atoms with Crippen molar-refractivity contribution >= 4 is 39.2 Å². The van der Waals surface area contributed by atoms with Crippen LogP contribution in [-0.4, -0.2) is 27.8 Å². The zero-order valence-corrected chi connectivity index (χ0v) is 10.2. The van der Waals surface area contributed by atoms with Crippen molar-refractivity contribution < 1.29 is 9.59 Å². The fourth-order valence-electron chi connectivity index (χ4n) is 1.89. The number of nitrogens with one attached hydrogen (secondary N) is 2. The average molecular weight is 262 g/mol. The summed E-state index contributed by atoms with van der Waals surface area (Å²) < 4.78 is 0.919. The summed E-state index contributed by atoms with van der Waals surface area (Å²) in [4.78, 5) is 31.0. The second-order valence-corrected chi connectivity index (χ2v) is 4.92. The summed E-state index contributed by atoms with van der Waals surface area (Å²) in [5.41, 5.74) is 0.852. The van der Waals surface area contributed by atoms with Crippen molar-refractivity contribution in [3.8, 4) is 0 Å². The zero-order valence-electron chi connectivity index (χ0n) is 9.34. The van der Waals surface area contributed by atoms with Gasteiger partial charge in [-0.1, -0.05) is 0 Å². The Kier molecular flexibility index (Phi) is 2.67. The van der Waals surface area contributed by atoms with E-state index in [1.807, 2.05) is 11.4 Å². The number of piperidine rings is 1. The molecule has 0 bridgehead atoms. The van der Waals surface area contributed by atoms with Crippen molar-refractivity contribution in [2.75, 3.05) is 5.32 Å². The van der Waals surface area contributed by atoms with E-state index in [2.05, 4.69) is 20.6 Å². The number of carbonyl (C=O) groups excluding carboxylic acids is 2. The molecule has 0 aromatic carbocycles. The van der Waals surface area contributed by atoms with E-state index in [0.29, 0.717) is 18.7 Å². The number of carbonyl (C=O) groups is 2. The lowest BCUT2D eigenvalue weighted by Crippen LogP contribution is -2.47. The third kappa shape index (κ3) is 1.92. The van der Waals surface area contributed by atoms with E-state index in [-0.39, 0.29) is 11.8 Å². The molecule has 3 heterocycles. The maximum atomic E-state index is 11.6. The standard InChI is InChI=1S/C11H10N4O2S/c16-8-2-1-7(11(17)15-8)14-10-9-6(3-4-18-9)12-5-13-10/h3-5,7H,1-2H2,(H,12,13,14)(H,15,16,17). The second kappa shape index (κ2) is 4.34. The number of rotatable bonds is 2. The van der Waals surface area contributed by atoms with Crippen molar-refractivity contribution in [1.29, 1.82) is 0 Å². The Hall–Kier alpha value is -2.02. The molecule has 1 unspecified atom stereocenters. The van der Waals surface area contributed by atoms with E-state index in [1.165, 1.54) is 17.7 Å². The maximum Gasteiger partial charge on any atom is 0.249 e. The van der Waals surface area contributed by atoms with Crippen LogP contribution in [0.2, 0.25) is 0 Å². The van der Waals surface area contributed by atoms with Gasteiger partial charge in [0.25, 0.3) is 0 Å². The van der Waals surface area contributed by atoms with Crippen LogP contribution in [0.25, 0.3) is 10.2 Å². The van der Waals surface area contributed by atoms with Gasteiger partial charge >= 0.3 is 0 Å². The SMILES string of the molecule is O=C1CCC(Nc2ncnc3ccsc23)C(=O)N1. The number of imide groups is 1. The molecule has 0 spiro atoms. The van der Waals surface area contributed by atoms with E-state index in [1.54, 1.807) is 0 Å². The normalized spacial score (nSPS) is 19.9. The molecule has 92 valence electrons. The highest BCUT2D eigenvalue weighted by molar-refractivity contribution is 7.17. The predicted molar refractivity (Wildman–Crippen MR) is 67.2 cm³/mol. The largest absolute Gasteiger partial charge is 0.357 e. The van der Waals surface area contributed by atoms with Crippen LogP contribution in [0, 0.1) is 0 Å². The maximum absolute atomic E-state index is 11.6. The van der Waals surface area contributed by atoms with Crippen LogP contribution in [0.1, 0.15) is 12.8 Å². The molecule has 1 atom stereocenters. The molecule has 3 rings (SSSR count). The average Bonchev–Trinajstić information content (AvgIpc) is 2.82. The van der Waals surface area contributed by atoms with Crippen molar-refractivity contribution in [2.45, 2.75) is 18.9 Å². The molecule has 1 fully saturated rings. The molecule has 1 saturated heterocycles. The summed E-state index contributed by atoms with van der Waals surface area (Å²) in [5.74, 6) is 0.126. The van der Waals surface area contributed by atoms with Crippen LogP contribution in [-0.2, 0) is 9.59 Å². The van der Waals surface area contributed by atoms with Gasteiger partial charge in [0.05, 0.1) is 10.2 Å². The number of hydrogen-bond donors (Lipinski definition) is 2. The van der Waals surface area contributed by atoms with Gasteiger partial charge in [-0.15, -0.1) is 11.3 Å². The van der Waals surface area contributed by atoms with Gasteiger partial charge in [-0.2, -0.15) is 0 Å². The van der Waals surface area contributed by atoms with E-state index in [0.717, 1.165) is 10.2 Å². The first-order valence-corrected chi connectivity index (χ1v) is 6.40. The molecule has 0 aliphatic carbocycles. The Morgan fingerprint density at radius 1 is 1.39 bits per heavy atom. The summed E-state index contributed by atoms with van der Waals surface area (Å²) in [6, 6.07) is 1.49. The third-order valence-electron chi connectivity index (χ3n) is 2.79. The van der Waals surface area contributed by atoms with Gasteiger partial charge in [0, 0.05) is 6.42 Å². The zero-order chi connectivity index (χ0) is 12.5. The van der Waals surface area contributed by atoms with Crippen molar-refractivity contribution in [3.63, 3.8) is 0 Å². The lowest BCUT2D eigenvalue weighted by Gasteiger charge is -2.22. The minimum atomic E-state index is -0.414. The molecular weight excluding hydrogens is 252 g/mol. The van der Waals surface area contributed by atoms with E-state index < -0.39 is 6.04 Å². The van der Waals surface area contributed by atoms with E-state index >= 15 is 0 Å². The van der Waals surface area contributed by atoms with Crippen LogP contribution in [0.3, 0.4) is 0 Å². The highest BCUT2D eigenvalue weighted by Crippen LogP contribution is 2.26. The molecule has 2 amide bonds. The molecule has 0 radical (unpaired) electrons. The second-order valence-electron chi connectivity index (χ2n) is 4.01. The number of aromatic nitrogens is 2. The number of amides is 2. The topological polar surface area (TPSA) is 84.0 Å². The first-order chi connectivity index (χ1) is 8.74. The van der Waals surface area contributed by atoms with Gasteiger partial charge in [0.1, 0.15) is 18.2 Å². The number of fused-ring (bicyclic) bond motifs is 1. The lowest BCUT2D eigenvalue weighted by molar-refractivity contribution is -0.133. The Morgan fingerprint density at radius 2 is 2.28 bits per heavy atom. The molecule has 0 saturated carbocycles. The highest BCUT2D eigenvalue weighted by Gasteiger charge is 2.27. The Labute approximate surface area is 106 Å². The number of hydrogen-bond acceptors (Lipinski definition) is 6. The van der Waals surface area contributed by atoms with Crippen LogP contribution >= 0.6 is 11.3 Å². The molecule has 2 aromatic heterocycles. The number of thiophene rings is 1. The van der Waals surface area contributed by atoms with Gasteiger partial charge in [0.2, 0.25) is 11.8 Å². The van der Waals surface area contributed by atoms with Gasteiger partial charge in [-0.3, -0.25) is 14.9 Å². The van der Waals surface area contributed by atoms with Crippen molar-refractivity contribution in [1.82, 2.24) is 15.3 Å². The summed E-state index contributed by atoms with van der Waals surface area (Å²) in [7, 11) is 0. The summed E-state index contributed by atoms with van der Waals surface area (Å²) in [5, 5.41) is 7.31. The Morgan fingerprint density at radius 3 is 3.11 bits per heavy atom. The molecule has 6 nitrogen and oxygen atoms in total. The first-order valence-electron chi connectivity index (χ1n) is 5.52. The van der Waals surface area contributed by atoms with Gasteiger partial charge in [-0.25, -0.2) is 9.97 Å². The van der Waals surface area contributed by atoms with Gasteiger partial charge in [-0.05, 0) is 17.9 Å². The van der Waals surface area contributed by atoms with Gasteiger partial charge < -0.3 is 5.32 Å². The predicted octanol–water partition coefficient (Wildman–Crippen LogP) is 0.908. The fraction of sp³-hybridized carbons (Fsp3) is 0.273. The molecule has 2 N–H and O–H groups in total. The summed E-state index contributed by atoms with van der Waals surface area (Å²) in [6.45, 7) is 0. The first kappa shape index (κ1) is 11.1. The minimum Gasteiger partial charge on any atom is -0.357 e. The molecule has 1 aliphatic rings. The van der Waals surface area contributed by atoms with Crippen LogP contribution in [0.4, 0.5) is 5.82 Å². The number of nitrogens with zero attached hydrogens (tertiary/aromatic N) is 2. The van der Waals surface area contributed by atoms with Crippen LogP contribution in [0.5, 0.6) is 0 Å². The quantitative estimate of drug-likeness (QED) is 0.786. The van der Waals surface area contributed by atoms with Crippen molar-refractivity contribution in [3.05, 3.63) is 17.8 Å². The lowest BCUT2D eigenvalue weighted by atomic mass is 10.1. The molecule has 7 heteroatoms. The molecule has 18 heavy (non-hydrogen) atoms. The number of anilines is 1. The highest BCUT2D eigenvalue weighted by atomic mass is 32.1. The van der Waals surface area contributed by atoms with Crippen LogP contribution in [0.15, 0.2) is 17.8 Å². The third-order valence-corrected chi connectivity index (χ3v) is 3.70. The minimum absolute atomic E-state index is 0.220. The Balaban J connectivity index is 1.86. The summed E-state index contributed by atoms with van der Waals surface area (Å²) in [6.07, 6.45) is 2.30. The monoisotopic (exact) mass is 262 g/mol. The fourth-order valence-corrected chi connectivity index (χ4v) is 2.69. The molecule has 2 aromatic rings. The molecular formula is C11H10N4O2S. The smallest absolute Gasteiger partial charge is 0.249 e. The van der Waals surface area contributed by atoms with Crippen LogP contribution < -0.4 is 10.6 Å². The Bertz CT molecular complexity index is 624. The van der Waals surface area contributed by atoms with E-state index in [4.69, 9.17) is 0 Å². The van der Waals surface area contributed by atoms with Gasteiger partial charge in [0.15, 0.2) is 0 Å².